The molecule has 0 saturated heterocycles. The first-order chi connectivity index (χ1) is 11.7. The van der Waals surface area contributed by atoms with Gasteiger partial charge in [-0.3, -0.25) is 9.59 Å². The van der Waals surface area contributed by atoms with E-state index in [1.54, 1.807) is 0 Å². The predicted molar refractivity (Wildman–Crippen MR) is 100 cm³/mol. The van der Waals surface area contributed by atoms with Gasteiger partial charge in [0.15, 0.2) is 0 Å². The summed E-state index contributed by atoms with van der Waals surface area (Å²) in [5.74, 6) is -0.598. The van der Waals surface area contributed by atoms with E-state index in [1.807, 2.05) is 0 Å². The van der Waals surface area contributed by atoms with Crippen molar-refractivity contribution in [2.75, 3.05) is 6.54 Å². The van der Waals surface area contributed by atoms with Crippen LogP contribution in [0.25, 0.3) is 0 Å². The maximum atomic E-state index is 11.6. The fourth-order valence-corrected chi connectivity index (χ4v) is 2.84. The Labute approximate surface area is 148 Å². The Morgan fingerprint density at radius 1 is 0.667 bits per heavy atom. The van der Waals surface area contributed by atoms with Crippen molar-refractivity contribution in [1.29, 1.82) is 0 Å². The van der Waals surface area contributed by atoms with Crippen LogP contribution in [0.2, 0.25) is 0 Å². The molecule has 0 unspecified atom stereocenters. The molecule has 142 valence electrons. The molecule has 4 heteroatoms. The molecule has 1 amide bonds. The number of unbranched alkanes of at least 4 members (excludes halogenated alkanes) is 12. The summed E-state index contributed by atoms with van der Waals surface area (Å²) < 4.78 is 0. The van der Waals surface area contributed by atoms with Crippen LogP contribution in [0.4, 0.5) is 0 Å². The van der Waals surface area contributed by atoms with E-state index in [9.17, 15) is 9.59 Å². The second kappa shape index (κ2) is 18.3. The molecule has 0 rings (SSSR count). The summed E-state index contributed by atoms with van der Waals surface area (Å²) in [6, 6.07) is 0. The fourth-order valence-electron chi connectivity index (χ4n) is 2.84. The third-order valence-corrected chi connectivity index (χ3v) is 4.40. The predicted octanol–water partition coefficient (Wildman–Crippen LogP) is 5.45. The summed E-state index contributed by atoms with van der Waals surface area (Å²) in [5, 5.41) is 11.4. The minimum absolute atomic E-state index is 0.143. The van der Waals surface area contributed by atoms with Crippen molar-refractivity contribution in [1.82, 2.24) is 5.32 Å². The lowest BCUT2D eigenvalue weighted by molar-refractivity contribution is -0.137. The first-order valence-electron chi connectivity index (χ1n) is 10.1. The van der Waals surface area contributed by atoms with E-state index < -0.39 is 5.97 Å². The van der Waals surface area contributed by atoms with Crippen LogP contribution in [-0.4, -0.2) is 23.5 Å². The number of carboxylic acid groups (broad SMARTS) is 1. The normalized spacial score (nSPS) is 10.7. The van der Waals surface area contributed by atoms with Gasteiger partial charge in [-0.05, 0) is 19.3 Å². The minimum atomic E-state index is -0.740. The van der Waals surface area contributed by atoms with E-state index >= 15 is 0 Å². The van der Waals surface area contributed by atoms with Gasteiger partial charge in [0.1, 0.15) is 0 Å². The smallest absolute Gasteiger partial charge is 0.303 e. The third-order valence-electron chi connectivity index (χ3n) is 4.40. The van der Waals surface area contributed by atoms with Crippen molar-refractivity contribution < 1.29 is 14.7 Å². The Morgan fingerprint density at radius 3 is 1.67 bits per heavy atom. The van der Waals surface area contributed by atoms with Gasteiger partial charge < -0.3 is 10.4 Å². The SMILES string of the molecule is CCCCCCCCCCCCCC(=O)NCCCCCC(=O)O. The summed E-state index contributed by atoms with van der Waals surface area (Å²) in [5.41, 5.74) is 0. The average Bonchev–Trinajstić information content (AvgIpc) is 2.55. The number of carbonyl (C=O) groups is 2. The molecule has 0 aliphatic rings. The molecule has 0 aromatic rings. The minimum Gasteiger partial charge on any atom is -0.481 e. The standard InChI is InChI=1S/C20H39NO3/c1-2-3-4-5-6-7-8-9-10-11-13-16-19(22)21-18-15-12-14-17-20(23)24/h2-18H2,1H3,(H,21,22)(H,23,24). The number of hydrogen-bond acceptors (Lipinski definition) is 2. The van der Waals surface area contributed by atoms with Crippen molar-refractivity contribution in [3.63, 3.8) is 0 Å². The lowest BCUT2D eigenvalue weighted by Gasteiger charge is -2.05. The average molecular weight is 342 g/mol. The maximum Gasteiger partial charge on any atom is 0.303 e. The van der Waals surface area contributed by atoms with Crippen LogP contribution in [-0.2, 0) is 9.59 Å². The summed E-state index contributed by atoms with van der Waals surface area (Å²) >= 11 is 0. The van der Waals surface area contributed by atoms with E-state index in [0.717, 1.165) is 25.7 Å². The molecule has 0 heterocycles. The van der Waals surface area contributed by atoms with Crippen molar-refractivity contribution in [3.05, 3.63) is 0 Å². The Bertz CT molecular complexity index is 305. The quantitative estimate of drug-likeness (QED) is 0.326. The number of rotatable bonds is 18. The molecule has 0 spiro atoms. The van der Waals surface area contributed by atoms with E-state index in [1.165, 1.54) is 57.8 Å². The molecule has 0 aliphatic heterocycles. The zero-order chi connectivity index (χ0) is 17.9. The van der Waals surface area contributed by atoms with Crippen LogP contribution < -0.4 is 5.32 Å². The number of amides is 1. The molecule has 0 aliphatic carbocycles. The van der Waals surface area contributed by atoms with E-state index in [0.29, 0.717) is 19.4 Å². The van der Waals surface area contributed by atoms with E-state index in [2.05, 4.69) is 12.2 Å². The van der Waals surface area contributed by atoms with Crippen molar-refractivity contribution in [2.24, 2.45) is 0 Å². The van der Waals surface area contributed by atoms with Gasteiger partial charge in [0.05, 0.1) is 0 Å². The van der Waals surface area contributed by atoms with Crippen LogP contribution in [0.1, 0.15) is 110 Å². The molecule has 0 aromatic heterocycles. The van der Waals surface area contributed by atoms with E-state index in [-0.39, 0.29) is 12.3 Å². The van der Waals surface area contributed by atoms with Gasteiger partial charge in [-0.2, -0.15) is 0 Å². The van der Waals surface area contributed by atoms with Crippen LogP contribution in [0.5, 0.6) is 0 Å². The monoisotopic (exact) mass is 341 g/mol. The second-order valence-electron chi connectivity index (χ2n) is 6.84. The molecular weight excluding hydrogens is 302 g/mol. The molecule has 24 heavy (non-hydrogen) atoms. The number of aliphatic carboxylic acids is 1. The first kappa shape index (κ1) is 22.9. The summed E-state index contributed by atoms with van der Waals surface area (Å²) in [4.78, 5) is 22.0. The Kier molecular flexibility index (Phi) is 17.5. The van der Waals surface area contributed by atoms with Crippen molar-refractivity contribution in [2.45, 2.75) is 110 Å². The highest BCUT2D eigenvalue weighted by Crippen LogP contribution is 2.11. The number of hydrogen-bond donors (Lipinski definition) is 2. The van der Waals surface area contributed by atoms with Gasteiger partial charge in [0, 0.05) is 19.4 Å². The number of nitrogens with one attached hydrogen (secondary N) is 1. The second-order valence-corrected chi connectivity index (χ2v) is 6.84. The van der Waals surface area contributed by atoms with Gasteiger partial charge in [0.2, 0.25) is 5.91 Å². The number of carboxylic acids is 1. The lowest BCUT2D eigenvalue weighted by atomic mass is 10.1. The van der Waals surface area contributed by atoms with Crippen LogP contribution >= 0.6 is 0 Å². The molecule has 0 radical (unpaired) electrons. The highest BCUT2D eigenvalue weighted by Gasteiger charge is 2.01. The molecule has 0 atom stereocenters. The Hall–Kier alpha value is -1.06. The molecule has 4 nitrogen and oxygen atoms in total. The lowest BCUT2D eigenvalue weighted by Crippen LogP contribution is -2.23. The van der Waals surface area contributed by atoms with Crippen LogP contribution in [0, 0.1) is 0 Å². The molecule has 2 N–H and O–H groups in total. The van der Waals surface area contributed by atoms with Crippen molar-refractivity contribution in [3.8, 4) is 0 Å². The summed E-state index contributed by atoms with van der Waals surface area (Å²) in [6.45, 7) is 2.93. The van der Waals surface area contributed by atoms with Gasteiger partial charge in [-0.25, -0.2) is 0 Å². The number of carbonyl (C=O) groups excluding carboxylic acids is 1. The molecule has 0 aromatic carbocycles. The fraction of sp³-hybridized carbons (Fsp3) is 0.900. The Morgan fingerprint density at radius 2 is 1.12 bits per heavy atom. The Balaban J connectivity index is 3.16. The third kappa shape index (κ3) is 19.0. The molecule has 0 bridgehead atoms. The van der Waals surface area contributed by atoms with Crippen LogP contribution in [0.15, 0.2) is 0 Å². The molecular formula is C20H39NO3. The highest BCUT2D eigenvalue weighted by molar-refractivity contribution is 5.75. The first-order valence-corrected chi connectivity index (χ1v) is 10.1. The zero-order valence-corrected chi connectivity index (χ0v) is 15.8. The van der Waals surface area contributed by atoms with Crippen LogP contribution in [0.3, 0.4) is 0 Å². The largest absolute Gasteiger partial charge is 0.481 e. The zero-order valence-electron chi connectivity index (χ0n) is 15.8. The molecule has 0 fully saturated rings. The topological polar surface area (TPSA) is 66.4 Å². The maximum absolute atomic E-state index is 11.6. The van der Waals surface area contributed by atoms with Gasteiger partial charge in [0.25, 0.3) is 0 Å². The van der Waals surface area contributed by atoms with Gasteiger partial charge in [-0.1, -0.05) is 77.6 Å². The van der Waals surface area contributed by atoms with Gasteiger partial charge in [-0.15, -0.1) is 0 Å². The highest BCUT2D eigenvalue weighted by atomic mass is 16.4. The molecule has 0 saturated carbocycles. The summed E-state index contributed by atoms with van der Waals surface area (Å²) in [7, 11) is 0. The van der Waals surface area contributed by atoms with Crippen molar-refractivity contribution >= 4 is 11.9 Å². The summed E-state index contributed by atoms with van der Waals surface area (Å²) in [6.07, 6.45) is 17.6. The van der Waals surface area contributed by atoms with E-state index in [4.69, 9.17) is 5.11 Å². The van der Waals surface area contributed by atoms with Gasteiger partial charge >= 0.3 is 5.97 Å².